The topological polar surface area (TPSA) is 61.3 Å². The van der Waals surface area contributed by atoms with Crippen LogP contribution in [0.25, 0.3) is 0 Å². The lowest BCUT2D eigenvalue weighted by Crippen LogP contribution is -2.59. The maximum absolute atomic E-state index is 6.70. The molecule has 0 spiro atoms. The summed E-state index contributed by atoms with van der Waals surface area (Å²) in [6, 6.07) is 5.92. The smallest absolute Gasteiger partial charge is 0.0629 e. The van der Waals surface area contributed by atoms with Crippen LogP contribution in [0.2, 0.25) is 0 Å². The first-order valence-corrected chi connectivity index (χ1v) is 17.1. The molecular weight excluding hydrogens is 488 g/mol. The summed E-state index contributed by atoms with van der Waals surface area (Å²) in [5, 5.41) is 0. The van der Waals surface area contributed by atoms with E-state index in [4.69, 9.17) is 16.2 Å². The largest absolute Gasteiger partial charge is 0.399 e. The Morgan fingerprint density at radius 2 is 1.48 bits per heavy atom. The number of anilines is 2. The first-order valence-electron chi connectivity index (χ1n) is 17.1. The van der Waals surface area contributed by atoms with E-state index < -0.39 is 0 Å². The van der Waals surface area contributed by atoms with E-state index in [1.165, 1.54) is 76.2 Å². The Morgan fingerprint density at radius 3 is 2.17 bits per heavy atom. The van der Waals surface area contributed by atoms with Crippen molar-refractivity contribution in [3.63, 3.8) is 0 Å². The summed E-state index contributed by atoms with van der Waals surface area (Å²) in [6.07, 6.45) is 16.8. The molecule has 0 heterocycles. The van der Waals surface area contributed by atoms with Gasteiger partial charge in [-0.3, -0.25) is 0 Å². The molecule has 4 fully saturated rings. The zero-order valence-electron chi connectivity index (χ0n) is 27.1. The van der Waals surface area contributed by atoms with Gasteiger partial charge in [0.1, 0.15) is 0 Å². The van der Waals surface area contributed by atoms with E-state index in [-0.39, 0.29) is 5.41 Å². The van der Waals surface area contributed by atoms with Gasteiger partial charge in [-0.25, -0.2) is 0 Å². The molecule has 0 aromatic heterocycles. The Kier molecular flexibility index (Phi) is 8.67. The predicted octanol–water partition coefficient (Wildman–Crippen LogP) is 9.54. The molecule has 4 aliphatic rings. The number of ether oxygens (including phenoxy) is 1. The molecule has 0 saturated heterocycles. The van der Waals surface area contributed by atoms with Crippen LogP contribution < -0.4 is 11.5 Å². The van der Waals surface area contributed by atoms with Crippen LogP contribution >= 0.6 is 0 Å². The van der Waals surface area contributed by atoms with Crippen LogP contribution in [0.3, 0.4) is 0 Å². The molecule has 0 amide bonds. The van der Waals surface area contributed by atoms with Gasteiger partial charge in [0.15, 0.2) is 0 Å². The number of hydrogen-bond donors (Lipinski definition) is 2. The number of hydrogen-bond acceptors (Lipinski definition) is 3. The van der Waals surface area contributed by atoms with Gasteiger partial charge in [0.05, 0.1) is 12.7 Å². The molecule has 40 heavy (non-hydrogen) atoms. The fourth-order valence-corrected chi connectivity index (χ4v) is 11.6. The quantitative estimate of drug-likeness (QED) is 0.301. The SMILES string of the molecule is CC(C)CCC[C@@H](C)[C@H]1CC[C@H]2[C@@H]3CCC4C(C)(C)C(OCCc5cc(N)cc(N)c5)CC[C@]4(C)[C@H]3CC[C@]12C. The molecule has 2 unspecified atom stereocenters. The molecule has 0 aliphatic heterocycles. The second-order valence-corrected chi connectivity index (χ2v) is 16.5. The molecule has 9 atom stereocenters. The summed E-state index contributed by atoms with van der Waals surface area (Å²) >= 11 is 0. The van der Waals surface area contributed by atoms with Crippen LogP contribution in [-0.4, -0.2) is 12.7 Å². The predicted molar refractivity (Wildman–Crippen MR) is 171 cm³/mol. The van der Waals surface area contributed by atoms with E-state index in [1.54, 1.807) is 0 Å². The van der Waals surface area contributed by atoms with E-state index in [1.807, 2.05) is 18.2 Å². The summed E-state index contributed by atoms with van der Waals surface area (Å²) in [5.41, 5.74) is 16.0. The van der Waals surface area contributed by atoms with Gasteiger partial charge in [0, 0.05) is 11.4 Å². The van der Waals surface area contributed by atoms with Gasteiger partial charge in [0.25, 0.3) is 0 Å². The molecule has 1 aromatic rings. The van der Waals surface area contributed by atoms with Crippen LogP contribution in [0.1, 0.15) is 125 Å². The number of fused-ring (bicyclic) bond motifs is 5. The van der Waals surface area contributed by atoms with E-state index in [2.05, 4.69) is 48.5 Å². The monoisotopic (exact) mass is 550 g/mol. The minimum atomic E-state index is 0.219. The highest BCUT2D eigenvalue weighted by atomic mass is 16.5. The Hall–Kier alpha value is -1.22. The van der Waals surface area contributed by atoms with Crippen molar-refractivity contribution in [3.05, 3.63) is 23.8 Å². The summed E-state index contributed by atoms with van der Waals surface area (Å²) in [7, 11) is 0. The van der Waals surface area contributed by atoms with Crippen LogP contribution in [0.5, 0.6) is 0 Å². The second kappa shape index (κ2) is 11.5. The third-order valence-electron chi connectivity index (χ3n) is 13.5. The Bertz CT molecular complexity index is 997. The van der Waals surface area contributed by atoms with Crippen molar-refractivity contribution in [2.24, 2.45) is 57.7 Å². The molecule has 4 aliphatic carbocycles. The fourth-order valence-electron chi connectivity index (χ4n) is 11.6. The third kappa shape index (κ3) is 5.47. The van der Waals surface area contributed by atoms with Crippen molar-refractivity contribution < 1.29 is 4.74 Å². The van der Waals surface area contributed by atoms with Crippen molar-refractivity contribution in [3.8, 4) is 0 Å². The van der Waals surface area contributed by atoms with Crippen LogP contribution in [0.4, 0.5) is 11.4 Å². The maximum atomic E-state index is 6.70. The van der Waals surface area contributed by atoms with Gasteiger partial charge < -0.3 is 16.2 Å². The molecule has 0 bridgehead atoms. The van der Waals surface area contributed by atoms with E-state index in [0.29, 0.717) is 16.9 Å². The molecule has 3 heteroatoms. The van der Waals surface area contributed by atoms with Crippen molar-refractivity contribution in [2.75, 3.05) is 18.1 Å². The minimum absolute atomic E-state index is 0.219. The highest BCUT2D eigenvalue weighted by molar-refractivity contribution is 5.54. The van der Waals surface area contributed by atoms with Crippen LogP contribution in [-0.2, 0) is 11.2 Å². The van der Waals surface area contributed by atoms with Gasteiger partial charge in [-0.2, -0.15) is 0 Å². The van der Waals surface area contributed by atoms with Gasteiger partial charge in [-0.05, 0) is 139 Å². The Balaban J connectivity index is 1.23. The zero-order chi connectivity index (χ0) is 28.9. The minimum Gasteiger partial charge on any atom is -0.399 e. The molecule has 0 radical (unpaired) electrons. The lowest BCUT2D eigenvalue weighted by Gasteiger charge is -2.65. The molecule has 1 aromatic carbocycles. The summed E-state index contributed by atoms with van der Waals surface area (Å²) in [6.45, 7) is 18.7. The normalized spacial score (nSPS) is 39.4. The molecule has 226 valence electrons. The molecular formula is C37H62N2O. The van der Waals surface area contributed by atoms with E-state index in [9.17, 15) is 0 Å². The summed E-state index contributed by atoms with van der Waals surface area (Å²) < 4.78 is 6.70. The number of nitrogen functional groups attached to an aromatic ring is 2. The van der Waals surface area contributed by atoms with Gasteiger partial charge in [0.2, 0.25) is 0 Å². The highest BCUT2D eigenvalue weighted by Gasteiger charge is 2.63. The first kappa shape index (κ1) is 30.2. The van der Waals surface area contributed by atoms with Gasteiger partial charge in [-0.1, -0.05) is 67.7 Å². The van der Waals surface area contributed by atoms with Crippen molar-refractivity contribution in [2.45, 2.75) is 132 Å². The maximum Gasteiger partial charge on any atom is 0.0629 e. The first-order chi connectivity index (χ1) is 18.9. The number of benzene rings is 1. The molecule has 4 saturated carbocycles. The van der Waals surface area contributed by atoms with Crippen LogP contribution in [0.15, 0.2) is 18.2 Å². The summed E-state index contributed by atoms with van der Waals surface area (Å²) in [5.74, 6) is 6.28. The van der Waals surface area contributed by atoms with E-state index >= 15 is 0 Å². The van der Waals surface area contributed by atoms with Crippen molar-refractivity contribution in [1.82, 2.24) is 0 Å². The van der Waals surface area contributed by atoms with Crippen molar-refractivity contribution in [1.29, 1.82) is 0 Å². The number of nitrogens with two attached hydrogens (primary N) is 2. The average molecular weight is 551 g/mol. The lowest BCUT2D eigenvalue weighted by atomic mass is 9.41. The summed E-state index contributed by atoms with van der Waals surface area (Å²) in [4.78, 5) is 0. The van der Waals surface area contributed by atoms with Gasteiger partial charge >= 0.3 is 0 Å². The zero-order valence-corrected chi connectivity index (χ0v) is 27.1. The standard InChI is InChI=1S/C37H62N2O/c1-24(2)9-8-10-25(3)30-12-13-31-29-11-14-33-35(4,5)34(40-20-17-26-21-27(38)23-28(39)22-26)16-19-37(33,7)32(29)15-18-36(30,31)6/h21-25,29-34H,8-20,38-39H2,1-7H3/t25-,29+,30-,31+,32+,33?,34?,36-,37-/m1/s1. The highest BCUT2D eigenvalue weighted by Crippen LogP contribution is 2.70. The van der Waals surface area contributed by atoms with Gasteiger partial charge in [-0.15, -0.1) is 0 Å². The second-order valence-electron chi connectivity index (χ2n) is 16.5. The Labute approximate surface area is 247 Å². The fraction of sp³-hybridized carbons (Fsp3) is 0.838. The lowest BCUT2D eigenvalue weighted by molar-refractivity contribution is -0.190. The third-order valence-corrected chi connectivity index (χ3v) is 13.5. The van der Waals surface area contributed by atoms with Crippen LogP contribution in [0, 0.1) is 57.7 Å². The Morgan fingerprint density at radius 1 is 0.800 bits per heavy atom. The molecule has 3 nitrogen and oxygen atoms in total. The molecule has 5 rings (SSSR count). The number of rotatable bonds is 9. The van der Waals surface area contributed by atoms with E-state index in [0.717, 1.165) is 65.8 Å². The van der Waals surface area contributed by atoms with Crippen molar-refractivity contribution >= 4 is 11.4 Å². The molecule has 4 N–H and O–H groups in total. The average Bonchev–Trinajstić information content (AvgIpc) is 3.22.